The quantitative estimate of drug-likeness (QED) is 0.350. The van der Waals surface area contributed by atoms with Crippen molar-refractivity contribution < 1.29 is 31.5 Å². The van der Waals surface area contributed by atoms with E-state index in [2.05, 4.69) is 9.44 Å². The van der Waals surface area contributed by atoms with E-state index in [1.54, 1.807) is 0 Å². The lowest BCUT2D eigenvalue weighted by Gasteiger charge is -2.09. The van der Waals surface area contributed by atoms with Gasteiger partial charge in [-0.2, -0.15) is 0 Å². The van der Waals surface area contributed by atoms with Crippen molar-refractivity contribution in [3.05, 3.63) is 55.6 Å². The summed E-state index contributed by atoms with van der Waals surface area (Å²) in [5.74, 6) is -0.969. The molecule has 1 aliphatic carbocycles. The van der Waals surface area contributed by atoms with Gasteiger partial charge in [0.15, 0.2) is 5.78 Å². The monoisotopic (exact) mass is 484 g/mol. The van der Waals surface area contributed by atoms with E-state index in [4.69, 9.17) is 0 Å². The average Bonchev–Trinajstić information content (AvgIpc) is 2.99. The fourth-order valence-corrected chi connectivity index (χ4v) is 5.55. The average molecular weight is 484 g/mol. The molecule has 170 valence electrons. The molecule has 0 bridgehead atoms. The minimum absolute atomic E-state index is 0.0293. The van der Waals surface area contributed by atoms with Crippen LogP contribution in [0.25, 0.3) is 11.1 Å². The number of rotatable bonds is 8. The molecule has 0 saturated carbocycles. The third-order valence-corrected chi connectivity index (χ3v) is 7.65. The van der Waals surface area contributed by atoms with Crippen LogP contribution in [0, 0.1) is 20.2 Å². The van der Waals surface area contributed by atoms with Crippen LogP contribution < -0.4 is 9.44 Å². The third kappa shape index (κ3) is 3.75. The Hall–Kier alpha value is -3.27. The Bertz CT molecular complexity index is 1290. The van der Waals surface area contributed by atoms with Crippen molar-refractivity contribution in [1.82, 2.24) is 9.44 Å². The number of nitrogens with one attached hydrogen (secondary N) is 2. The molecule has 3 rings (SSSR count). The Morgan fingerprint density at radius 1 is 0.750 bits per heavy atom. The van der Waals surface area contributed by atoms with Gasteiger partial charge >= 0.3 is 0 Å². The Labute approximate surface area is 181 Å². The predicted octanol–water partition coefficient (Wildman–Crippen LogP) is 1.31. The number of fused-ring (bicyclic) bond motifs is 3. The standard InChI is InChI=1S/C17H16N4O9S2/c1-3-18-31(27,28)9-5-11-15(13(7-9)20(23)24)16-12(17(11)22)6-10(8-14(16)21(25)26)32(29,30)19-4-2/h5-8,18-19H,3-4H2,1-2H3. The normalized spacial score (nSPS) is 13.0. The van der Waals surface area contributed by atoms with Gasteiger partial charge in [-0.05, 0) is 12.1 Å². The van der Waals surface area contributed by atoms with Gasteiger partial charge in [-0.1, -0.05) is 13.8 Å². The zero-order valence-corrected chi connectivity index (χ0v) is 18.2. The van der Waals surface area contributed by atoms with Crippen LogP contribution in [0.4, 0.5) is 11.4 Å². The number of carbonyl (C=O) groups excluding carboxylic acids is 1. The smallest absolute Gasteiger partial charge is 0.279 e. The summed E-state index contributed by atoms with van der Waals surface area (Å²) in [7, 11) is -8.42. The van der Waals surface area contributed by atoms with Crippen LogP contribution in [0.3, 0.4) is 0 Å². The van der Waals surface area contributed by atoms with Crippen LogP contribution in [0.1, 0.15) is 29.8 Å². The Balaban J connectivity index is 2.42. The molecule has 0 saturated heterocycles. The number of nitrogens with zero attached hydrogens (tertiary/aromatic N) is 2. The molecular formula is C17H16N4O9S2. The number of hydrogen-bond donors (Lipinski definition) is 2. The molecule has 2 aromatic rings. The number of sulfonamides is 2. The lowest BCUT2D eigenvalue weighted by Crippen LogP contribution is -2.23. The molecule has 0 aliphatic heterocycles. The van der Waals surface area contributed by atoms with E-state index in [-0.39, 0.29) is 13.1 Å². The summed E-state index contributed by atoms with van der Waals surface area (Å²) < 4.78 is 53.8. The molecule has 0 aromatic heterocycles. The van der Waals surface area contributed by atoms with Gasteiger partial charge in [0.2, 0.25) is 20.0 Å². The predicted molar refractivity (Wildman–Crippen MR) is 110 cm³/mol. The number of benzene rings is 2. The van der Waals surface area contributed by atoms with Gasteiger partial charge in [0.1, 0.15) is 0 Å². The van der Waals surface area contributed by atoms with Crippen molar-refractivity contribution in [2.24, 2.45) is 0 Å². The largest absolute Gasteiger partial charge is 0.289 e. The first-order valence-electron chi connectivity index (χ1n) is 9.05. The number of nitro benzene ring substituents is 2. The first-order valence-corrected chi connectivity index (χ1v) is 12.0. The van der Waals surface area contributed by atoms with E-state index in [0.717, 1.165) is 12.1 Å². The molecule has 0 radical (unpaired) electrons. The molecule has 15 heteroatoms. The van der Waals surface area contributed by atoms with E-state index < -0.39 is 79.1 Å². The number of nitro groups is 2. The summed E-state index contributed by atoms with van der Waals surface area (Å²) >= 11 is 0. The van der Waals surface area contributed by atoms with Crippen LogP contribution >= 0.6 is 0 Å². The maximum Gasteiger partial charge on any atom is 0.279 e. The first kappa shape index (κ1) is 23.4. The summed E-state index contributed by atoms with van der Waals surface area (Å²) in [6.45, 7) is 2.91. The lowest BCUT2D eigenvalue weighted by atomic mass is 10.0. The van der Waals surface area contributed by atoms with Gasteiger partial charge in [0.25, 0.3) is 11.4 Å². The molecule has 0 fully saturated rings. The summed E-state index contributed by atoms with van der Waals surface area (Å²) in [6, 6.07) is 3.16. The van der Waals surface area contributed by atoms with Crippen LogP contribution in [0.5, 0.6) is 0 Å². The Kier molecular flexibility index (Phi) is 5.86. The van der Waals surface area contributed by atoms with Crippen LogP contribution in [-0.4, -0.2) is 45.6 Å². The van der Waals surface area contributed by atoms with Crippen molar-refractivity contribution in [3.63, 3.8) is 0 Å². The van der Waals surface area contributed by atoms with Crippen LogP contribution in [-0.2, 0) is 20.0 Å². The van der Waals surface area contributed by atoms with Gasteiger partial charge in [-0.25, -0.2) is 26.3 Å². The maximum atomic E-state index is 13.0. The van der Waals surface area contributed by atoms with Crippen LogP contribution in [0.15, 0.2) is 34.1 Å². The second-order valence-electron chi connectivity index (χ2n) is 6.58. The minimum Gasteiger partial charge on any atom is -0.289 e. The minimum atomic E-state index is -4.21. The van der Waals surface area contributed by atoms with Gasteiger partial charge in [-0.15, -0.1) is 0 Å². The van der Waals surface area contributed by atoms with Crippen molar-refractivity contribution in [2.45, 2.75) is 23.6 Å². The second-order valence-corrected chi connectivity index (χ2v) is 10.1. The molecule has 0 amide bonds. The highest BCUT2D eigenvalue weighted by Gasteiger charge is 2.41. The topological polar surface area (TPSA) is 196 Å². The highest BCUT2D eigenvalue weighted by Crippen LogP contribution is 2.48. The van der Waals surface area contributed by atoms with Crippen LogP contribution in [0.2, 0.25) is 0 Å². The number of ketones is 1. The van der Waals surface area contributed by atoms with E-state index >= 15 is 0 Å². The summed E-state index contributed by atoms with van der Waals surface area (Å²) in [5, 5.41) is 23.4. The zero-order valence-electron chi connectivity index (χ0n) is 16.6. The molecule has 0 spiro atoms. The zero-order chi connectivity index (χ0) is 24.0. The lowest BCUT2D eigenvalue weighted by molar-refractivity contribution is -0.386. The highest BCUT2D eigenvalue weighted by atomic mass is 32.2. The molecule has 0 atom stereocenters. The number of carbonyl (C=O) groups is 1. The third-order valence-electron chi connectivity index (χ3n) is 4.60. The van der Waals surface area contributed by atoms with Crippen molar-refractivity contribution in [3.8, 4) is 11.1 Å². The van der Waals surface area contributed by atoms with Gasteiger partial charge in [0, 0.05) is 36.3 Å². The van der Waals surface area contributed by atoms with Crippen molar-refractivity contribution >= 4 is 37.2 Å². The van der Waals surface area contributed by atoms with Crippen molar-refractivity contribution in [2.75, 3.05) is 13.1 Å². The summed E-state index contributed by atoms with van der Waals surface area (Å²) in [4.78, 5) is 33.4. The SMILES string of the molecule is CCNS(=O)(=O)c1cc2c(c([N+](=O)[O-])c1)-c1c(cc(S(=O)(=O)NCC)cc1[N+](=O)[O-])C2=O. The van der Waals surface area contributed by atoms with Crippen molar-refractivity contribution in [1.29, 1.82) is 0 Å². The molecule has 0 unspecified atom stereocenters. The molecule has 2 N–H and O–H groups in total. The van der Waals surface area contributed by atoms with Gasteiger partial charge in [0.05, 0.1) is 30.8 Å². The summed E-state index contributed by atoms with van der Waals surface area (Å²) in [6.07, 6.45) is 0. The molecule has 2 aromatic carbocycles. The Morgan fingerprint density at radius 3 is 1.38 bits per heavy atom. The first-order chi connectivity index (χ1) is 14.9. The summed E-state index contributed by atoms with van der Waals surface area (Å²) in [5.41, 5.74) is -3.46. The fraction of sp³-hybridized carbons (Fsp3) is 0.235. The second kappa shape index (κ2) is 8.01. The maximum absolute atomic E-state index is 13.0. The molecular weight excluding hydrogens is 468 g/mol. The highest BCUT2D eigenvalue weighted by molar-refractivity contribution is 7.89. The molecule has 0 heterocycles. The number of hydrogen-bond acceptors (Lipinski definition) is 9. The van der Waals surface area contributed by atoms with E-state index in [9.17, 15) is 41.9 Å². The fourth-order valence-electron chi connectivity index (χ4n) is 3.38. The molecule has 1 aliphatic rings. The van der Waals surface area contributed by atoms with E-state index in [0.29, 0.717) is 12.1 Å². The molecule has 32 heavy (non-hydrogen) atoms. The van der Waals surface area contributed by atoms with Gasteiger partial charge in [-0.3, -0.25) is 25.0 Å². The van der Waals surface area contributed by atoms with Gasteiger partial charge < -0.3 is 0 Å². The Morgan fingerprint density at radius 2 is 1.09 bits per heavy atom. The van der Waals surface area contributed by atoms with E-state index in [1.807, 2.05) is 0 Å². The molecule has 13 nitrogen and oxygen atoms in total. The van der Waals surface area contributed by atoms with E-state index in [1.165, 1.54) is 13.8 Å².